The van der Waals surface area contributed by atoms with Crippen LogP contribution in [0.5, 0.6) is 0 Å². The number of halogens is 4. The second-order valence-corrected chi connectivity index (χ2v) is 7.14. The van der Waals surface area contributed by atoms with E-state index < -0.39 is 18.5 Å². The van der Waals surface area contributed by atoms with Gasteiger partial charge in [-0.25, -0.2) is 14.4 Å². The number of fused-ring (bicyclic) bond motifs is 1. The van der Waals surface area contributed by atoms with Crippen LogP contribution in [0.2, 0.25) is 0 Å². The third kappa shape index (κ3) is 5.26. The van der Waals surface area contributed by atoms with Gasteiger partial charge >= 0.3 is 6.18 Å². The van der Waals surface area contributed by atoms with Crippen LogP contribution in [-0.2, 0) is 6.54 Å². The molecule has 0 saturated carbocycles. The number of anilines is 2. The van der Waals surface area contributed by atoms with Crippen LogP contribution in [0.25, 0.3) is 22.4 Å². The van der Waals surface area contributed by atoms with Crippen molar-refractivity contribution in [1.82, 2.24) is 19.9 Å². The molecule has 0 unspecified atom stereocenters. The van der Waals surface area contributed by atoms with E-state index in [2.05, 4.69) is 30.6 Å². The van der Waals surface area contributed by atoms with Crippen molar-refractivity contribution in [2.24, 2.45) is 0 Å². The molecule has 2 heterocycles. The van der Waals surface area contributed by atoms with Gasteiger partial charge in [-0.1, -0.05) is 29.8 Å². The molecule has 0 saturated heterocycles. The van der Waals surface area contributed by atoms with E-state index in [1.54, 1.807) is 0 Å². The van der Waals surface area contributed by atoms with Gasteiger partial charge in [-0.15, -0.1) is 0 Å². The molecule has 0 aliphatic heterocycles. The van der Waals surface area contributed by atoms with E-state index in [9.17, 15) is 17.6 Å². The van der Waals surface area contributed by atoms with E-state index in [-0.39, 0.29) is 22.9 Å². The Kier molecular flexibility index (Phi) is 5.85. The molecule has 4 rings (SSSR count). The number of nitrogens with one attached hydrogen (secondary N) is 2. The molecule has 164 valence electrons. The Labute approximate surface area is 180 Å². The molecule has 0 radical (unpaired) electrons. The number of hydrogen-bond donors (Lipinski definition) is 2. The fourth-order valence-electron chi connectivity index (χ4n) is 2.94. The van der Waals surface area contributed by atoms with Crippen molar-refractivity contribution in [3.05, 3.63) is 71.7 Å². The number of aromatic nitrogens is 4. The van der Waals surface area contributed by atoms with Gasteiger partial charge in [-0.05, 0) is 36.8 Å². The Morgan fingerprint density at radius 1 is 0.875 bits per heavy atom. The van der Waals surface area contributed by atoms with E-state index in [1.165, 1.54) is 30.5 Å². The van der Waals surface area contributed by atoms with Crippen molar-refractivity contribution >= 4 is 22.9 Å². The summed E-state index contributed by atoms with van der Waals surface area (Å²) in [6.07, 6.45) is -3.02. The fraction of sp³-hybridized carbons (Fsp3) is 0.182. The Morgan fingerprint density at radius 2 is 1.59 bits per heavy atom. The lowest BCUT2D eigenvalue weighted by molar-refractivity contribution is -0.115. The third-order valence-corrected chi connectivity index (χ3v) is 4.57. The van der Waals surface area contributed by atoms with Gasteiger partial charge in [0.2, 0.25) is 5.95 Å². The summed E-state index contributed by atoms with van der Waals surface area (Å²) >= 11 is 0. The monoisotopic (exact) mass is 442 g/mol. The number of aryl methyl sites for hydroxylation is 1. The SMILES string of the molecule is Cc1ccc(CNc2nc(NCC(F)(F)F)c3nc(-c4ccc(F)cc4)cnc3n2)cc1. The molecule has 4 aromatic rings. The molecule has 2 aromatic carbocycles. The zero-order valence-corrected chi connectivity index (χ0v) is 16.9. The Morgan fingerprint density at radius 3 is 2.28 bits per heavy atom. The normalized spacial score (nSPS) is 11.5. The molecule has 0 spiro atoms. The Balaban J connectivity index is 1.68. The maximum Gasteiger partial charge on any atom is 0.405 e. The summed E-state index contributed by atoms with van der Waals surface area (Å²) in [5.74, 6) is -0.399. The van der Waals surface area contributed by atoms with Crippen LogP contribution in [0.15, 0.2) is 54.7 Å². The quantitative estimate of drug-likeness (QED) is 0.404. The molecule has 0 fully saturated rings. The molecule has 0 bridgehead atoms. The van der Waals surface area contributed by atoms with Crippen molar-refractivity contribution in [1.29, 1.82) is 0 Å². The van der Waals surface area contributed by atoms with Gasteiger partial charge in [0.25, 0.3) is 0 Å². The molecular formula is C22H18F4N6. The largest absolute Gasteiger partial charge is 0.405 e. The summed E-state index contributed by atoms with van der Waals surface area (Å²) in [6.45, 7) is 1.06. The minimum atomic E-state index is -4.45. The molecule has 0 atom stereocenters. The van der Waals surface area contributed by atoms with Gasteiger partial charge in [0.05, 0.1) is 11.9 Å². The van der Waals surface area contributed by atoms with E-state index >= 15 is 0 Å². The van der Waals surface area contributed by atoms with E-state index in [0.717, 1.165) is 11.1 Å². The van der Waals surface area contributed by atoms with Gasteiger partial charge in [-0.2, -0.15) is 23.1 Å². The van der Waals surface area contributed by atoms with E-state index in [1.807, 2.05) is 31.2 Å². The van der Waals surface area contributed by atoms with E-state index in [0.29, 0.717) is 17.8 Å². The fourth-order valence-corrected chi connectivity index (χ4v) is 2.94. The smallest absolute Gasteiger partial charge is 0.359 e. The van der Waals surface area contributed by atoms with Crippen LogP contribution >= 0.6 is 0 Å². The minimum absolute atomic E-state index is 0.0805. The summed E-state index contributed by atoms with van der Waals surface area (Å²) in [6, 6.07) is 13.3. The van der Waals surface area contributed by atoms with Crippen LogP contribution in [0.3, 0.4) is 0 Å². The minimum Gasteiger partial charge on any atom is -0.359 e. The van der Waals surface area contributed by atoms with Crippen molar-refractivity contribution in [2.45, 2.75) is 19.6 Å². The van der Waals surface area contributed by atoms with Crippen LogP contribution < -0.4 is 10.6 Å². The van der Waals surface area contributed by atoms with Crippen molar-refractivity contribution in [2.75, 3.05) is 17.2 Å². The van der Waals surface area contributed by atoms with Crippen LogP contribution in [-0.4, -0.2) is 32.7 Å². The maximum atomic E-state index is 13.2. The molecule has 0 amide bonds. The lowest BCUT2D eigenvalue weighted by atomic mass is 10.1. The zero-order chi connectivity index (χ0) is 22.7. The summed E-state index contributed by atoms with van der Waals surface area (Å²) in [5.41, 5.74) is 3.20. The number of hydrogen-bond acceptors (Lipinski definition) is 6. The first-order valence-corrected chi connectivity index (χ1v) is 9.67. The van der Waals surface area contributed by atoms with Crippen molar-refractivity contribution in [3.8, 4) is 11.3 Å². The first kappa shape index (κ1) is 21.4. The van der Waals surface area contributed by atoms with Crippen LogP contribution in [0.1, 0.15) is 11.1 Å². The topological polar surface area (TPSA) is 75.6 Å². The summed E-state index contributed by atoms with van der Waals surface area (Å²) in [4.78, 5) is 17.1. The highest BCUT2D eigenvalue weighted by Gasteiger charge is 2.27. The first-order chi connectivity index (χ1) is 15.3. The molecular weight excluding hydrogens is 424 g/mol. The molecule has 6 nitrogen and oxygen atoms in total. The predicted molar refractivity (Wildman–Crippen MR) is 114 cm³/mol. The summed E-state index contributed by atoms with van der Waals surface area (Å²) in [5, 5.41) is 5.29. The van der Waals surface area contributed by atoms with Crippen molar-refractivity contribution < 1.29 is 17.6 Å². The first-order valence-electron chi connectivity index (χ1n) is 9.67. The number of alkyl halides is 3. The second-order valence-electron chi connectivity index (χ2n) is 7.14. The van der Waals surface area contributed by atoms with E-state index in [4.69, 9.17) is 0 Å². The second kappa shape index (κ2) is 8.74. The highest BCUT2D eigenvalue weighted by atomic mass is 19.4. The van der Waals surface area contributed by atoms with Gasteiger partial charge in [-0.3, -0.25) is 0 Å². The lowest BCUT2D eigenvalue weighted by Gasteiger charge is -2.13. The molecule has 2 N–H and O–H groups in total. The lowest BCUT2D eigenvalue weighted by Crippen LogP contribution is -2.22. The Hall–Kier alpha value is -3.82. The zero-order valence-electron chi connectivity index (χ0n) is 16.9. The summed E-state index contributed by atoms with van der Waals surface area (Å²) in [7, 11) is 0. The van der Waals surface area contributed by atoms with Gasteiger partial charge in [0.1, 0.15) is 12.4 Å². The molecule has 2 aromatic heterocycles. The average Bonchev–Trinajstić information content (AvgIpc) is 2.77. The van der Waals surface area contributed by atoms with Gasteiger partial charge < -0.3 is 10.6 Å². The third-order valence-electron chi connectivity index (χ3n) is 4.57. The van der Waals surface area contributed by atoms with Crippen molar-refractivity contribution in [3.63, 3.8) is 0 Å². The van der Waals surface area contributed by atoms with Crippen LogP contribution in [0.4, 0.5) is 29.3 Å². The number of nitrogens with zero attached hydrogens (tertiary/aromatic N) is 4. The standard InChI is InChI=1S/C22H18F4N6/c1-13-2-4-14(5-3-13)10-28-21-31-19-18(20(32-21)29-12-22(24,25)26)30-17(11-27-19)15-6-8-16(23)9-7-15/h2-9,11H,10,12H2,1H3,(H2,27,28,29,31,32). The predicted octanol–water partition coefficient (Wildman–Crippen LogP) is 5.12. The molecule has 32 heavy (non-hydrogen) atoms. The maximum absolute atomic E-state index is 13.2. The highest BCUT2D eigenvalue weighted by molar-refractivity contribution is 5.85. The van der Waals surface area contributed by atoms with Gasteiger partial charge in [0, 0.05) is 12.1 Å². The Bertz CT molecular complexity index is 1220. The summed E-state index contributed by atoms with van der Waals surface area (Å²) < 4.78 is 51.7. The molecule has 0 aliphatic carbocycles. The molecule has 0 aliphatic rings. The van der Waals surface area contributed by atoms with Gasteiger partial charge in [0.15, 0.2) is 17.0 Å². The highest BCUT2D eigenvalue weighted by Crippen LogP contribution is 2.25. The molecule has 10 heteroatoms. The average molecular weight is 442 g/mol. The number of benzene rings is 2. The van der Waals surface area contributed by atoms with Crippen LogP contribution in [0, 0.1) is 12.7 Å². The number of rotatable bonds is 6.